The first-order valence-electron chi connectivity index (χ1n) is 6.52. The maximum Gasteiger partial charge on any atom is 0.309 e. The van der Waals surface area contributed by atoms with Crippen LogP contribution in [0.3, 0.4) is 0 Å². The molecule has 0 spiro atoms. The van der Waals surface area contributed by atoms with E-state index in [-0.39, 0.29) is 17.9 Å². The van der Waals surface area contributed by atoms with Gasteiger partial charge in [-0.15, -0.1) is 0 Å². The van der Waals surface area contributed by atoms with Crippen molar-refractivity contribution in [2.75, 3.05) is 20.8 Å². The molecule has 1 rings (SSSR count). The van der Waals surface area contributed by atoms with E-state index in [9.17, 15) is 4.79 Å². The maximum atomic E-state index is 11.4. The molecule has 0 heterocycles. The predicted molar refractivity (Wildman–Crippen MR) is 75.3 cm³/mol. The Morgan fingerprint density at radius 2 is 1.84 bits per heavy atom. The van der Waals surface area contributed by atoms with E-state index in [1.54, 1.807) is 7.11 Å². The SMILES string of the molecule is COC(=O)C(C)C(C)NCCc1ccc(OC)cc1. The Balaban J connectivity index is 2.34. The lowest BCUT2D eigenvalue weighted by Crippen LogP contribution is -2.37. The predicted octanol–water partition coefficient (Wildman–Crippen LogP) is 2.02. The number of ether oxygens (including phenoxy) is 2. The van der Waals surface area contributed by atoms with Gasteiger partial charge in [0, 0.05) is 6.04 Å². The van der Waals surface area contributed by atoms with Gasteiger partial charge in [-0.1, -0.05) is 19.1 Å². The molecule has 0 aliphatic heterocycles. The van der Waals surface area contributed by atoms with Gasteiger partial charge >= 0.3 is 5.97 Å². The lowest BCUT2D eigenvalue weighted by Gasteiger charge is -2.19. The molecule has 4 heteroatoms. The minimum atomic E-state index is -0.176. The largest absolute Gasteiger partial charge is 0.497 e. The molecule has 1 N–H and O–H groups in total. The van der Waals surface area contributed by atoms with E-state index in [0.29, 0.717) is 0 Å². The second-order valence-corrected chi connectivity index (χ2v) is 4.65. The van der Waals surface area contributed by atoms with E-state index in [1.165, 1.54) is 12.7 Å². The fourth-order valence-electron chi connectivity index (χ4n) is 1.80. The van der Waals surface area contributed by atoms with E-state index in [0.717, 1.165) is 18.7 Å². The zero-order valence-electron chi connectivity index (χ0n) is 12.1. The summed E-state index contributed by atoms with van der Waals surface area (Å²) < 4.78 is 9.85. The summed E-state index contributed by atoms with van der Waals surface area (Å²) in [6.07, 6.45) is 0.919. The molecule has 1 aromatic carbocycles. The third kappa shape index (κ3) is 4.91. The summed E-state index contributed by atoms with van der Waals surface area (Å²) in [4.78, 5) is 11.4. The molecule has 0 saturated heterocycles. The van der Waals surface area contributed by atoms with Crippen molar-refractivity contribution in [1.29, 1.82) is 0 Å². The third-order valence-corrected chi connectivity index (χ3v) is 3.36. The number of nitrogens with one attached hydrogen (secondary N) is 1. The van der Waals surface area contributed by atoms with E-state index in [1.807, 2.05) is 26.0 Å². The molecule has 19 heavy (non-hydrogen) atoms. The topological polar surface area (TPSA) is 47.6 Å². The minimum absolute atomic E-state index is 0.102. The number of carbonyl (C=O) groups is 1. The van der Waals surface area contributed by atoms with Crippen molar-refractivity contribution in [3.05, 3.63) is 29.8 Å². The fraction of sp³-hybridized carbons (Fsp3) is 0.533. The summed E-state index contributed by atoms with van der Waals surface area (Å²) in [6, 6.07) is 8.11. The first kappa shape index (κ1) is 15.5. The van der Waals surface area contributed by atoms with Crippen LogP contribution in [-0.2, 0) is 16.0 Å². The molecular weight excluding hydrogens is 242 g/mol. The van der Waals surface area contributed by atoms with Crippen molar-refractivity contribution >= 4 is 5.97 Å². The van der Waals surface area contributed by atoms with Gasteiger partial charge in [-0.05, 0) is 37.6 Å². The normalized spacial score (nSPS) is 13.7. The average molecular weight is 265 g/mol. The Morgan fingerprint density at radius 1 is 1.21 bits per heavy atom. The summed E-state index contributed by atoms with van der Waals surface area (Å²) in [5.41, 5.74) is 1.24. The standard InChI is InChI=1S/C15H23NO3/c1-11(15(17)19-4)12(2)16-10-9-13-5-7-14(18-3)8-6-13/h5-8,11-12,16H,9-10H2,1-4H3. The van der Waals surface area contributed by atoms with Crippen LogP contribution in [0, 0.1) is 5.92 Å². The minimum Gasteiger partial charge on any atom is -0.497 e. The molecule has 1 aromatic rings. The molecule has 2 unspecified atom stereocenters. The van der Waals surface area contributed by atoms with Crippen molar-refractivity contribution in [1.82, 2.24) is 5.32 Å². The van der Waals surface area contributed by atoms with Gasteiger partial charge in [0.1, 0.15) is 5.75 Å². The third-order valence-electron chi connectivity index (χ3n) is 3.36. The van der Waals surface area contributed by atoms with Crippen LogP contribution in [0.2, 0.25) is 0 Å². The highest BCUT2D eigenvalue weighted by molar-refractivity contribution is 5.72. The van der Waals surface area contributed by atoms with Gasteiger partial charge in [0.25, 0.3) is 0 Å². The summed E-state index contributed by atoms with van der Waals surface area (Å²) in [5, 5.41) is 3.34. The first-order valence-corrected chi connectivity index (χ1v) is 6.52. The van der Waals surface area contributed by atoms with Crippen LogP contribution in [0.5, 0.6) is 5.75 Å². The monoisotopic (exact) mass is 265 g/mol. The summed E-state index contributed by atoms with van der Waals surface area (Å²) in [6.45, 7) is 4.70. The van der Waals surface area contributed by atoms with Crippen LogP contribution >= 0.6 is 0 Å². The van der Waals surface area contributed by atoms with Gasteiger partial charge < -0.3 is 14.8 Å². The quantitative estimate of drug-likeness (QED) is 0.766. The Hall–Kier alpha value is -1.55. The number of benzene rings is 1. The molecule has 0 bridgehead atoms. The Bertz CT molecular complexity index is 389. The zero-order valence-corrected chi connectivity index (χ0v) is 12.1. The fourth-order valence-corrected chi connectivity index (χ4v) is 1.80. The molecule has 0 aliphatic carbocycles. The molecule has 4 nitrogen and oxygen atoms in total. The first-order chi connectivity index (χ1) is 9.08. The second-order valence-electron chi connectivity index (χ2n) is 4.65. The lowest BCUT2D eigenvalue weighted by atomic mass is 10.0. The second kappa shape index (κ2) is 7.79. The molecule has 0 aliphatic rings. The Morgan fingerprint density at radius 3 is 2.37 bits per heavy atom. The average Bonchev–Trinajstić information content (AvgIpc) is 2.46. The van der Waals surface area contributed by atoms with Crippen molar-refractivity contribution in [3.63, 3.8) is 0 Å². The van der Waals surface area contributed by atoms with Gasteiger partial charge in [0.2, 0.25) is 0 Å². The lowest BCUT2D eigenvalue weighted by molar-refractivity contribution is -0.145. The van der Waals surface area contributed by atoms with Crippen LogP contribution in [0.15, 0.2) is 24.3 Å². The molecule has 0 fully saturated rings. The van der Waals surface area contributed by atoms with Crippen LogP contribution in [-0.4, -0.2) is 32.8 Å². The van der Waals surface area contributed by atoms with Crippen molar-refractivity contribution < 1.29 is 14.3 Å². The van der Waals surface area contributed by atoms with Crippen molar-refractivity contribution in [2.24, 2.45) is 5.92 Å². The zero-order chi connectivity index (χ0) is 14.3. The molecule has 0 saturated carbocycles. The number of hydrogen-bond donors (Lipinski definition) is 1. The van der Waals surface area contributed by atoms with Crippen LogP contribution in [0.1, 0.15) is 19.4 Å². The smallest absolute Gasteiger partial charge is 0.309 e. The van der Waals surface area contributed by atoms with E-state index >= 15 is 0 Å². The highest BCUT2D eigenvalue weighted by atomic mass is 16.5. The molecule has 106 valence electrons. The van der Waals surface area contributed by atoms with Gasteiger partial charge in [-0.2, -0.15) is 0 Å². The van der Waals surface area contributed by atoms with Gasteiger partial charge in [-0.25, -0.2) is 0 Å². The number of hydrogen-bond acceptors (Lipinski definition) is 4. The molecule has 0 radical (unpaired) electrons. The van der Waals surface area contributed by atoms with Crippen molar-refractivity contribution in [2.45, 2.75) is 26.3 Å². The molecular formula is C15H23NO3. The molecule has 0 amide bonds. The number of methoxy groups -OCH3 is 2. The van der Waals surface area contributed by atoms with Crippen LogP contribution in [0.25, 0.3) is 0 Å². The Kier molecular flexibility index (Phi) is 6.36. The molecule has 0 aromatic heterocycles. The van der Waals surface area contributed by atoms with E-state index in [2.05, 4.69) is 17.4 Å². The number of rotatable bonds is 7. The van der Waals surface area contributed by atoms with Crippen molar-refractivity contribution in [3.8, 4) is 5.75 Å². The molecule has 2 atom stereocenters. The van der Waals surface area contributed by atoms with Gasteiger partial charge in [0.05, 0.1) is 20.1 Å². The number of carbonyl (C=O) groups excluding carboxylic acids is 1. The highest BCUT2D eigenvalue weighted by Gasteiger charge is 2.19. The Labute approximate surface area is 115 Å². The van der Waals surface area contributed by atoms with Gasteiger partial charge in [0.15, 0.2) is 0 Å². The number of esters is 1. The summed E-state index contributed by atoms with van der Waals surface area (Å²) in [7, 11) is 3.08. The summed E-state index contributed by atoms with van der Waals surface area (Å²) in [5.74, 6) is 0.551. The van der Waals surface area contributed by atoms with Crippen LogP contribution < -0.4 is 10.1 Å². The van der Waals surface area contributed by atoms with Crippen LogP contribution in [0.4, 0.5) is 0 Å². The van der Waals surface area contributed by atoms with E-state index < -0.39 is 0 Å². The highest BCUT2D eigenvalue weighted by Crippen LogP contribution is 2.11. The van der Waals surface area contributed by atoms with E-state index in [4.69, 9.17) is 9.47 Å². The maximum absolute atomic E-state index is 11.4. The van der Waals surface area contributed by atoms with Gasteiger partial charge in [-0.3, -0.25) is 4.79 Å². The summed E-state index contributed by atoms with van der Waals surface area (Å²) >= 11 is 0.